The standard InChI is InChI=1S/C17H15F3N2O3S/c1-9(16(24)25)22(12-5-6-12)15(23)13-8-26-14(21-13)10-3-2-4-11(7-10)17(18,19)20/h2-4,7-9,12H,5-6H2,1H3,(H,24,25). The van der Waals surface area contributed by atoms with Gasteiger partial charge in [-0.3, -0.25) is 4.79 Å². The molecule has 1 aliphatic carbocycles. The summed E-state index contributed by atoms with van der Waals surface area (Å²) in [4.78, 5) is 29.3. The Balaban J connectivity index is 1.88. The molecule has 1 heterocycles. The third kappa shape index (κ3) is 3.72. The van der Waals surface area contributed by atoms with Crippen LogP contribution in [0.15, 0.2) is 29.6 Å². The summed E-state index contributed by atoms with van der Waals surface area (Å²) in [6.07, 6.45) is -3.01. The molecular weight excluding hydrogens is 369 g/mol. The Labute approximate surface area is 151 Å². The maximum Gasteiger partial charge on any atom is 0.416 e. The summed E-state index contributed by atoms with van der Waals surface area (Å²) in [5.41, 5.74) is -0.493. The molecule has 1 aliphatic rings. The molecule has 138 valence electrons. The van der Waals surface area contributed by atoms with E-state index in [9.17, 15) is 27.9 Å². The van der Waals surface area contributed by atoms with Crippen molar-refractivity contribution in [3.8, 4) is 10.6 Å². The normalized spacial score (nSPS) is 15.5. The molecule has 0 spiro atoms. The third-order valence-electron chi connectivity index (χ3n) is 4.11. The Morgan fingerprint density at radius 1 is 1.35 bits per heavy atom. The molecule has 5 nitrogen and oxygen atoms in total. The average Bonchev–Trinajstić information content (AvgIpc) is 3.28. The van der Waals surface area contributed by atoms with Gasteiger partial charge in [0.15, 0.2) is 0 Å². The van der Waals surface area contributed by atoms with E-state index in [1.54, 1.807) is 0 Å². The maximum atomic E-state index is 12.8. The molecule has 1 amide bonds. The number of aliphatic carboxylic acids is 1. The summed E-state index contributed by atoms with van der Waals surface area (Å²) in [6.45, 7) is 1.43. The molecule has 9 heteroatoms. The minimum Gasteiger partial charge on any atom is -0.480 e. The van der Waals surface area contributed by atoms with Crippen LogP contribution in [0.25, 0.3) is 10.6 Å². The first-order chi connectivity index (χ1) is 12.2. The van der Waals surface area contributed by atoms with Gasteiger partial charge in [-0.05, 0) is 31.9 Å². The fraction of sp³-hybridized carbons (Fsp3) is 0.353. The summed E-state index contributed by atoms with van der Waals surface area (Å²) in [5.74, 6) is -1.63. The van der Waals surface area contributed by atoms with Crippen molar-refractivity contribution in [2.45, 2.75) is 38.0 Å². The minimum atomic E-state index is -4.47. The second-order valence-corrected chi connectivity index (χ2v) is 6.93. The van der Waals surface area contributed by atoms with Crippen LogP contribution in [0.5, 0.6) is 0 Å². The molecule has 1 unspecified atom stereocenters. The highest BCUT2D eigenvalue weighted by Crippen LogP contribution is 2.34. The Kier molecular flexibility index (Phi) is 4.74. The van der Waals surface area contributed by atoms with Crippen molar-refractivity contribution in [2.24, 2.45) is 0 Å². The number of benzene rings is 1. The number of halogens is 3. The van der Waals surface area contributed by atoms with Gasteiger partial charge in [0, 0.05) is 17.0 Å². The van der Waals surface area contributed by atoms with E-state index < -0.39 is 29.7 Å². The number of carbonyl (C=O) groups excluding carboxylic acids is 1. The molecule has 1 aromatic carbocycles. The van der Waals surface area contributed by atoms with Crippen LogP contribution in [-0.4, -0.2) is 39.0 Å². The fourth-order valence-corrected chi connectivity index (χ4v) is 3.39. The van der Waals surface area contributed by atoms with Gasteiger partial charge < -0.3 is 10.0 Å². The average molecular weight is 384 g/mol. The van der Waals surface area contributed by atoms with Crippen LogP contribution in [0.1, 0.15) is 35.8 Å². The predicted octanol–water partition coefficient (Wildman–Crippen LogP) is 3.91. The molecule has 1 fully saturated rings. The van der Waals surface area contributed by atoms with Crippen molar-refractivity contribution in [3.63, 3.8) is 0 Å². The van der Waals surface area contributed by atoms with E-state index in [1.165, 1.54) is 29.3 Å². The van der Waals surface area contributed by atoms with Crippen molar-refractivity contribution < 1.29 is 27.9 Å². The van der Waals surface area contributed by atoms with Crippen LogP contribution in [0.2, 0.25) is 0 Å². The summed E-state index contributed by atoms with van der Waals surface area (Å²) in [7, 11) is 0. The van der Waals surface area contributed by atoms with Crippen molar-refractivity contribution in [2.75, 3.05) is 0 Å². The predicted molar refractivity (Wildman–Crippen MR) is 88.8 cm³/mol. The maximum absolute atomic E-state index is 12.8. The number of hydrogen-bond acceptors (Lipinski definition) is 4. The van der Waals surface area contributed by atoms with Crippen molar-refractivity contribution in [1.82, 2.24) is 9.88 Å². The Morgan fingerprint density at radius 3 is 2.62 bits per heavy atom. The summed E-state index contributed by atoms with van der Waals surface area (Å²) >= 11 is 1.05. The Hall–Kier alpha value is -2.42. The zero-order valence-corrected chi connectivity index (χ0v) is 14.5. The zero-order chi connectivity index (χ0) is 19.1. The SMILES string of the molecule is CC(C(=O)O)N(C(=O)c1csc(-c2cccc(C(F)(F)F)c2)n1)C1CC1. The summed E-state index contributed by atoms with van der Waals surface area (Å²) in [6, 6.07) is 3.59. The lowest BCUT2D eigenvalue weighted by Crippen LogP contribution is -2.44. The van der Waals surface area contributed by atoms with E-state index in [2.05, 4.69) is 4.98 Å². The van der Waals surface area contributed by atoms with Gasteiger partial charge >= 0.3 is 12.1 Å². The van der Waals surface area contributed by atoms with Gasteiger partial charge in [0.2, 0.25) is 0 Å². The van der Waals surface area contributed by atoms with Gasteiger partial charge in [0.05, 0.1) is 5.56 Å². The minimum absolute atomic E-state index is 0.0439. The lowest BCUT2D eigenvalue weighted by molar-refractivity contribution is -0.142. The number of carboxylic acids is 1. The number of carbonyl (C=O) groups is 2. The van der Waals surface area contributed by atoms with E-state index in [0.717, 1.165) is 36.3 Å². The molecule has 2 aromatic rings. The van der Waals surface area contributed by atoms with Gasteiger partial charge in [-0.15, -0.1) is 11.3 Å². The second-order valence-electron chi connectivity index (χ2n) is 6.07. The number of alkyl halides is 3. The molecule has 0 bridgehead atoms. The lowest BCUT2D eigenvalue weighted by atomic mass is 10.1. The Bertz CT molecular complexity index is 846. The van der Waals surface area contributed by atoms with Crippen molar-refractivity contribution >= 4 is 23.2 Å². The van der Waals surface area contributed by atoms with E-state index in [4.69, 9.17) is 0 Å². The van der Waals surface area contributed by atoms with Crippen LogP contribution in [0, 0.1) is 0 Å². The highest BCUT2D eigenvalue weighted by atomic mass is 32.1. The third-order valence-corrected chi connectivity index (χ3v) is 5.00. The summed E-state index contributed by atoms with van der Waals surface area (Å²) in [5, 5.41) is 10.9. The van der Waals surface area contributed by atoms with Crippen molar-refractivity contribution in [1.29, 1.82) is 0 Å². The van der Waals surface area contributed by atoms with Gasteiger partial charge in [-0.2, -0.15) is 13.2 Å². The zero-order valence-electron chi connectivity index (χ0n) is 13.7. The molecule has 0 aliphatic heterocycles. The molecule has 1 atom stereocenters. The quantitative estimate of drug-likeness (QED) is 0.849. The van der Waals surface area contributed by atoms with Crippen LogP contribution in [0.4, 0.5) is 13.2 Å². The van der Waals surface area contributed by atoms with Crippen molar-refractivity contribution in [3.05, 3.63) is 40.9 Å². The topological polar surface area (TPSA) is 70.5 Å². The number of rotatable bonds is 5. The van der Waals surface area contributed by atoms with Crippen LogP contribution in [0.3, 0.4) is 0 Å². The lowest BCUT2D eigenvalue weighted by Gasteiger charge is -2.25. The highest BCUT2D eigenvalue weighted by Gasteiger charge is 2.39. The molecule has 26 heavy (non-hydrogen) atoms. The number of thiazole rings is 1. The van der Waals surface area contributed by atoms with E-state index in [-0.39, 0.29) is 22.3 Å². The van der Waals surface area contributed by atoms with E-state index in [0.29, 0.717) is 0 Å². The number of hydrogen-bond donors (Lipinski definition) is 1. The molecule has 0 radical (unpaired) electrons. The number of nitrogens with zero attached hydrogens (tertiary/aromatic N) is 2. The second kappa shape index (κ2) is 6.71. The molecular formula is C17H15F3N2O3S. The first-order valence-electron chi connectivity index (χ1n) is 7.87. The van der Waals surface area contributed by atoms with Crippen LogP contribution >= 0.6 is 11.3 Å². The van der Waals surface area contributed by atoms with Gasteiger partial charge in [-0.1, -0.05) is 12.1 Å². The highest BCUT2D eigenvalue weighted by molar-refractivity contribution is 7.13. The molecule has 1 aromatic heterocycles. The largest absolute Gasteiger partial charge is 0.480 e. The fourth-order valence-electron chi connectivity index (χ4n) is 2.60. The Morgan fingerprint density at radius 2 is 2.04 bits per heavy atom. The molecule has 3 rings (SSSR count). The monoisotopic (exact) mass is 384 g/mol. The number of aromatic nitrogens is 1. The van der Waals surface area contributed by atoms with E-state index in [1.807, 2.05) is 0 Å². The molecule has 1 N–H and O–H groups in total. The molecule has 1 saturated carbocycles. The first kappa shape index (κ1) is 18.4. The molecule has 0 saturated heterocycles. The van der Waals surface area contributed by atoms with Gasteiger partial charge in [0.1, 0.15) is 16.7 Å². The van der Waals surface area contributed by atoms with Crippen LogP contribution in [-0.2, 0) is 11.0 Å². The van der Waals surface area contributed by atoms with Gasteiger partial charge in [0.25, 0.3) is 5.91 Å². The smallest absolute Gasteiger partial charge is 0.416 e. The first-order valence-corrected chi connectivity index (χ1v) is 8.75. The number of carboxylic acid groups (broad SMARTS) is 1. The number of amides is 1. The van der Waals surface area contributed by atoms with E-state index >= 15 is 0 Å². The van der Waals surface area contributed by atoms with Gasteiger partial charge in [-0.25, -0.2) is 9.78 Å². The van der Waals surface area contributed by atoms with Crippen LogP contribution < -0.4 is 0 Å². The summed E-state index contributed by atoms with van der Waals surface area (Å²) < 4.78 is 38.5.